The van der Waals surface area contributed by atoms with Gasteiger partial charge < -0.3 is 14.6 Å². The number of hydrogen-bond acceptors (Lipinski definition) is 4. The first-order valence-corrected chi connectivity index (χ1v) is 13.1. The van der Waals surface area contributed by atoms with Gasteiger partial charge in [-0.2, -0.15) is 0 Å². The van der Waals surface area contributed by atoms with Crippen molar-refractivity contribution in [2.24, 2.45) is 0 Å². The molecule has 0 atom stereocenters. The van der Waals surface area contributed by atoms with Crippen LogP contribution >= 0.6 is 34.5 Å². The van der Waals surface area contributed by atoms with Gasteiger partial charge in [0.15, 0.2) is 0 Å². The first-order valence-electron chi connectivity index (χ1n) is 11.4. The van der Waals surface area contributed by atoms with Gasteiger partial charge in [0.2, 0.25) is 0 Å². The van der Waals surface area contributed by atoms with E-state index in [1.807, 2.05) is 54.8 Å². The van der Waals surface area contributed by atoms with E-state index in [2.05, 4.69) is 16.8 Å². The second kappa shape index (κ2) is 11.3. The van der Waals surface area contributed by atoms with Gasteiger partial charge in [-0.3, -0.25) is 4.79 Å². The normalized spacial score (nSPS) is 11.0. The molecule has 0 aliphatic carbocycles. The number of rotatable bonds is 9. The van der Waals surface area contributed by atoms with Crippen LogP contribution in [0.3, 0.4) is 0 Å². The summed E-state index contributed by atoms with van der Waals surface area (Å²) in [7, 11) is 1.65. The molecular formula is C27H27Cl2N3O2S. The Hall–Kier alpha value is -2.80. The number of amides is 1. The SMILES string of the molecule is CCCCNC(=O)c1cc(-c2csc(-c3ccc(OC)cc3)n2)n(Cc2ccc(Cl)c(Cl)c2)c1C. The lowest BCUT2D eigenvalue weighted by Gasteiger charge is -2.12. The second-order valence-electron chi connectivity index (χ2n) is 8.24. The van der Waals surface area contributed by atoms with Crippen molar-refractivity contribution in [1.82, 2.24) is 14.9 Å². The Kier molecular flexibility index (Phi) is 8.16. The van der Waals surface area contributed by atoms with E-state index in [-0.39, 0.29) is 5.91 Å². The Labute approximate surface area is 219 Å². The number of methoxy groups -OCH3 is 1. The van der Waals surface area contributed by atoms with Crippen LogP contribution < -0.4 is 10.1 Å². The van der Waals surface area contributed by atoms with Crippen LogP contribution in [0.1, 0.15) is 41.4 Å². The van der Waals surface area contributed by atoms with Crippen molar-refractivity contribution in [2.75, 3.05) is 13.7 Å². The van der Waals surface area contributed by atoms with Gasteiger partial charge in [0.25, 0.3) is 5.91 Å². The number of ether oxygens (including phenoxy) is 1. The van der Waals surface area contributed by atoms with Crippen molar-refractivity contribution >= 4 is 40.4 Å². The number of aromatic nitrogens is 2. The van der Waals surface area contributed by atoms with Crippen LogP contribution in [0.5, 0.6) is 5.75 Å². The Bertz CT molecular complexity index is 1330. The molecule has 4 aromatic rings. The van der Waals surface area contributed by atoms with Crippen LogP contribution in [0.15, 0.2) is 53.9 Å². The van der Waals surface area contributed by atoms with Crippen LogP contribution in [-0.2, 0) is 6.54 Å². The molecule has 0 spiro atoms. The quantitative estimate of drug-likeness (QED) is 0.229. The monoisotopic (exact) mass is 527 g/mol. The van der Waals surface area contributed by atoms with E-state index < -0.39 is 0 Å². The molecule has 0 aliphatic heterocycles. The summed E-state index contributed by atoms with van der Waals surface area (Å²) in [5.41, 5.74) is 5.22. The zero-order valence-electron chi connectivity index (χ0n) is 19.9. The minimum Gasteiger partial charge on any atom is -0.497 e. The maximum atomic E-state index is 13.0. The van der Waals surface area contributed by atoms with Crippen molar-refractivity contribution in [1.29, 1.82) is 0 Å². The third-order valence-corrected chi connectivity index (χ3v) is 7.49. The molecular weight excluding hydrogens is 501 g/mol. The Morgan fingerprint density at radius 3 is 2.57 bits per heavy atom. The Balaban J connectivity index is 1.72. The van der Waals surface area contributed by atoms with Crippen molar-refractivity contribution in [3.63, 3.8) is 0 Å². The molecule has 0 aliphatic rings. The summed E-state index contributed by atoms with van der Waals surface area (Å²) in [5, 5.41) is 6.98. The van der Waals surface area contributed by atoms with Gasteiger partial charge in [-0.1, -0.05) is 42.6 Å². The third-order valence-electron chi connectivity index (χ3n) is 5.86. The number of carbonyl (C=O) groups excluding carboxylic acids is 1. The van der Waals surface area contributed by atoms with Crippen molar-refractivity contribution in [3.05, 3.63) is 80.8 Å². The molecule has 8 heteroatoms. The van der Waals surface area contributed by atoms with E-state index in [0.29, 0.717) is 28.7 Å². The van der Waals surface area contributed by atoms with Crippen molar-refractivity contribution in [2.45, 2.75) is 33.2 Å². The van der Waals surface area contributed by atoms with E-state index >= 15 is 0 Å². The van der Waals surface area contributed by atoms with Gasteiger partial charge in [-0.15, -0.1) is 11.3 Å². The van der Waals surface area contributed by atoms with Gasteiger partial charge in [0, 0.05) is 29.7 Å². The third kappa shape index (κ3) is 5.72. The highest BCUT2D eigenvalue weighted by Gasteiger charge is 2.21. The average molecular weight is 529 g/mol. The van der Waals surface area contributed by atoms with E-state index in [4.69, 9.17) is 32.9 Å². The standard InChI is InChI=1S/C27H27Cl2N3O2S/c1-4-5-12-30-26(33)21-14-25(32(17(21)2)15-18-6-11-22(28)23(29)13-18)24-16-35-27(31-24)19-7-9-20(34-3)10-8-19/h6-11,13-14,16H,4-5,12,15H2,1-3H3,(H,30,33). The number of thiazole rings is 1. The fourth-order valence-electron chi connectivity index (χ4n) is 3.84. The van der Waals surface area contributed by atoms with E-state index in [9.17, 15) is 4.79 Å². The summed E-state index contributed by atoms with van der Waals surface area (Å²) in [6.07, 6.45) is 1.97. The molecule has 0 unspecified atom stereocenters. The number of unbranched alkanes of at least 4 members (excludes halogenated alkanes) is 1. The molecule has 4 rings (SSSR count). The maximum absolute atomic E-state index is 13.0. The van der Waals surface area contributed by atoms with Gasteiger partial charge in [-0.25, -0.2) is 4.98 Å². The molecule has 5 nitrogen and oxygen atoms in total. The number of carbonyl (C=O) groups is 1. The average Bonchev–Trinajstić information content (AvgIpc) is 3.47. The van der Waals surface area contributed by atoms with Gasteiger partial charge in [0.1, 0.15) is 10.8 Å². The van der Waals surface area contributed by atoms with Crippen LogP contribution in [0.25, 0.3) is 22.0 Å². The van der Waals surface area contributed by atoms with Gasteiger partial charge >= 0.3 is 0 Å². The summed E-state index contributed by atoms with van der Waals surface area (Å²) >= 11 is 14.0. The largest absolute Gasteiger partial charge is 0.497 e. The fourth-order valence-corrected chi connectivity index (χ4v) is 4.98. The van der Waals surface area contributed by atoms with Gasteiger partial charge in [0.05, 0.1) is 34.1 Å². The van der Waals surface area contributed by atoms with Crippen LogP contribution in [0.4, 0.5) is 0 Å². The smallest absolute Gasteiger partial charge is 0.253 e. The molecule has 0 fully saturated rings. The molecule has 0 bridgehead atoms. The highest BCUT2D eigenvalue weighted by atomic mass is 35.5. The molecule has 2 aromatic carbocycles. The van der Waals surface area contributed by atoms with E-state index in [0.717, 1.165) is 51.8 Å². The topological polar surface area (TPSA) is 56.1 Å². The van der Waals surface area contributed by atoms with Crippen molar-refractivity contribution in [3.8, 4) is 27.7 Å². The lowest BCUT2D eigenvalue weighted by molar-refractivity contribution is 0.0952. The summed E-state index contributed by atoms with van der Waals surface area (Å²) in [6, 6.07) is 15.4. The zero-order chi connectivity index (χ0) is 24.9. The highest BCUT2D eigenvalue weighted by Crippen LogP contribution is 2.33. The number of hydrogen-bond donors (Lipinski definition) is 1. The number of benzene rings is 2. The lowest BCUT2D eigenvalue weighted by atomic mass is 10.2. The van der Waals surface area contributed by atoms with E-state index in [1.165, 1.54) is 0 Å². The summed E-state index contributed by atoms with van der Waals surface area (Å²) in [5.74, 6) is 0.728. The molecule has 1 amide bonds. The van der Waals surface area contributed by atoms with Crippen molar-refractivity contribution < 1.29 is 9.53 Å². The number of nitrogens with one attached hydrogen (secondary N) is 1. The number of nitrogens with zero attached hydrogens (tertiary/aromatic N) is 2. The minimum absolute atomic E-state index is 0.0734. The zero-order valence-corrected chi connectivity index (χ0v) is 22.2. The molecule has 2 heterocycles. The first-order chi connectivity index (χ1) is 16.9. The van der Waals surface area contributed by atoms with Crippen LogP contribution in [0.2, 0.25) is 10.0 Å². The van der Waals surface area contributed by atoms with Crippen LogP contribution in [0, 0.1) is 6.92 Å². The maximum Gasteiger partial charge on any atom is 0.253 e. The summed E-state index contributed by atoms with van der Waals surface area (Å²) in [4.78, 5) is 17.9. The summed E-state index contributed by atoms with van der Waals surface area (Å²) in [6.45, 7) is 5.26. The summed E-state index contributed by atoms with van der Waals surface area (Å²) < 4.78 is 7.38. The predicted octanol–water partition coefficient (Wildman–Crippen LogP) is 7.48. The Morgan fingerprint density at radius 1 is 1.11 bits per heavy atom. The second-order valence-corrected chi connectivity index (χ2v) is 9.91. The molecule has 2 aromatic heterocycles. The fraction of sp³-hybridized carbons (Fsp3) is 0.259. The molecule has 0 saturated carbocycles. The molecule has 0 radical (unpaired) electrons. The molecule has 0 saturated heterocycles. The number of halogens is 2. The first kappa shape index (κ1) is 25.3. The van der Waals surface area contributed by atoms with Gasteiger partial charge in [-0.05, 0) is 61.4 Å². The lowest BCUT2D eigenvalue weighted by Crippen LogP contribution is -2.24. The highest BCUT2D eigenvalue weighted by molar-refractivity contribution is 7.13. The predicted molar refractivity (Wildman–Crippen MR) is 145 cm³/mol. The van der Waals surface area contributed by atoms with E-state index in [1.54, 1.807) is 24.5 Å². The molecule has 1 N–H and O–H groups in total. The molecule has 182 valence electrons. The Morgan fingerprint density at radius 2 is 1.89 bits per heavy atom. The molecule has 35 heavy (non-hydrogen) atoms. The minimum atomic E-state index is -0.0734. The van der Waals surface area contributed by atoms with Crippen LogP contribution in [-0.4, -0.2) is 29.1 Å².